The van der Waals surface area contributed by atoms with Gasteiger partial charge in [-0.05, 0) is 17.7 Å². The minimum absolute atomic E-state index is 0. The number of rotatable bonds is 6. The molecule has 1 aromatic heterocycles. The quantitative estimate of drug-likeness (QED) is 0.249. The van der Waals surface area contributed by atoms with Gasteiger partial charge in [0.15, 0.2) is 11.0 Å². The SMILES string of the molecule is C[n+]1c(/C=C/C=C2/N(CS(=O)(=O)[O-])c3ccccc3C2(C)C)n(CS(=O)(=O)O)c2cc(Cl)c(Cl)cc21.[K+]. The largest absolute Gasteiger partial charge is 1.00 e. The summed E-state index contributed by atoms with van der Waals surface area (Å²) in [5, 5.41) is 0.498. The molecule has 3 aromatic rings. The number of allylic oxidation sites excluding steroid dienone is 3. The van der Waals surface area contributed by atoms with E-state index in [-0.39, 0.29) is 61.4 Å². The van der Waals surface area contributed by atoms with Crippen LogP contribution in [-0.4, -0.2) is 36.4 Å². The Labute approximate surface area is 268 Å². The molecule has 2 heterocycles. The molecule has 192 valence electrons. The summed E-state index contributed by atoms with van der Waals surface area (Å²) < 4.78 is 71.2. The molecule has 0 spiro atoms. The number of hydrogen-bond acceptors (Lipinski definition) is 6. The summed E-state index contributed by atoms with van der Waals surface area (Å²) in [6.07, 6.45) is 4.93. The Morgan fingerprint density at radius 3 is 2.32 bits per heavy atom. The van der Waals surface area contributed by atoms with Crippen molar-refractivity contribution in [3.63, 3.8) is 0 Å². The van der Waals surface area contributed by atoms with E-state index in [0.29, 0.717) is 28.2 Å². The first-order valence-corrected chi connectivity index (χ1v) is 14.6. The van der Waals surface area contributed by atoms with Gasteiger partial charge in [0, 0.05) is 35.0 Å². The van der Waals surface area contributed by atoms with Crippen molar-refractivity contribution in [1.29, 1.82) is 0 Å². The summed E-state index contributed by atoms with van der Waals surface area (Å²) in [7, 11) is -7.30. The standard InChI is InChI=1S/C23H23Cl2N3O6S2.K/c1-23(2)15-7-4-5-8-18(15)27(13-35(29,30)31)21(23)9-6-10-22-26(3)19-11-16(24)17(25)12-20(19)28(22)14-36(32,33)34;/h4-12H,13-14H2,1-3H3,(H-,29,30,31,32,33,34);/q;+1. The first-order valence-electron chi connectivity index (χ1n) is 10.6. The van der Waals surface area contributed by atoms with Gasteiger partial charge in [-0.25, -0.2) is 17.6 Å². The molecule has 0 amide bonds. The first kappa shape index (κ1) is 30.8. The minimum Gasteiger partial charge on any atom is -0.747 e. The summed E-state index contributed by atoms with van der Waals surface area (Å²) >= 11 is 12.3. The molecule has 4 rings (SSSR count). The number of anilines is 1. The van der Waals surface area contributed by atoms with Gasteiger partial charge < -0.3 is 9.45 Å². The van der Waals surface area contributed by atoms with E-state index in [9.17, 15) is 25.9 Å². The van der Waals surface area contributed by atoms with Crippen molar-refractivity contribution in [3.8, 4) is 0 Å². The number of benzene rings is 2. The Morgan fingerprint density at radius 2 is 1.70 bits per heavy atom. The first-order chi connectivity index (χ1) is 16.6. The number of aryl methyl sites for hydroxylation is 1. The zero-order chi connectivity index (χ0) is 26.6. The molecule has 1 N–H and O–H groups in total. The predicted molar refractivity (Wildman–Crippen MR) is 138 cm³/mol. The average Bonchev–Trinajstić information content (AvgIpc) is 3.10. The molecule has 0 bridgehead atoms. The maximum absolute atomic E-state index is 11.8. The number of aromatic nitrogens is 2. The van der Waals surface area contributed by atoms with Gasteiger partial charge in [0.2, 0.25) is 5.88 Å². The van der Waals surface area contributed by atoms with Gasteiger partial charge in [-0.2, -0.15) is 8.42 Å². The fraction of sp³-hybridized carbons (Fsp3) is 0.261. The summed E-state index contributed by atoms with van der Waals surface area (Å²) in [6, 6.07) is 10.3. The van der Waals surface area contributed by atoms with Crippen LogP contribution in [0.5, 0.6) is 0 Å². The Morgan fingerprint density at radius 1 is 1.08 bits per heavy atom. The third-order valence-electron chi connectivity index (χ3n) is 6.17. The maximum Gasteiger partial charge on any atom is 1.00 e. The van der Waals surface area contributed by atoms with Crippen LogP contribution in [0.15, 0.2) is 54.2 Å². The Balaban J connectivity index is 0.00000380. The smallest absolute Gasteiger partial charge is 0.747 e. The fourth-order valence-electron chi connectivity index (χ4n) is 4.60. The van der Waals surface area contributed by atoms with E-state index < -0.39 is 37.4 Å². The number of fused-ring (bicyclic) bond motifs is 2. The third kappa shape index (κ3) is 6.36. The summed E-state index contributed by atoms with van der Waals surface area (Å²) in [5.41, 5.74) is 2.46. The molecule has 0 aliphatic carbocycles. The predicted octanol–water partition coefficient (Wildman–Crippen LogP) is 0.819. The molecule has 0 unspecified atom stereocenters. The van der Waals surface area contributed by atoms with Gasteiger partial charge in [0.05, 0.1) is 17.1 Å². The number of hydrogen-bond donors (Lipinski definition) is 1. The van der Waals surface area contributed by atoms with Crippen LogP contribution in [-0.2, 0) is 38.6 Å². The number of nitrogens with zero attached hydrogens (tertiary/aromatic N) is 3. The Bertz CT molecular complexity index is 1670. The molecule has 0 fully saturated rings. The van der Waals surface area contributed by atoms with Crippen LogP contribution in [0.2, 0.25) is 10.0 Å². The Hall–Kier alpha value is -0.774. The molecule has 9 nitrogen and oxygen atoms in total. The topological polar surface area (TPSA) is 124 Å². The number of imidazole rings is 1. The number of para-hydroxylation sites is 1. The van der Waals surface area contributed by atoms with Gasteiger partial charge in [0.1, 0.15) is 16.0 Å². The van der Waals surface area contributed by atoms with Crippen molar-refractivity contribution in [2.24, 2.45) is 7.05 Å². The van der Waals surface area contributed by atoms with Gasteiger partial charge in [-0.15, -0.1) is 0 Å². The van der Waals surface area contributed by atoms with Gasteiger partial charge in [-0.3, -0.25) is 4.55 Å². The molecule has 0 atom stereocenters. The van der Waals surface area contributed by atoms with E-state index in [4.69, 9.17) is 23.2 Å². The van der Waals surface area contributed by atoms with Crippen LogP contribution >= 0.6 is 23.2 Å². The maximum atomic E-state index is 11.8. The van der Waals surface area contributed by atoms with Crippen LogP contribution in [0.3, 0.4) is 0 Å². The summed E-state index contributed by atoms with van der Waals surface area (Å²) in [5.74, 6) is -1.06. The molecule has 0 radical (unpaired) electrons. The normalized spacial score (nSPS) is 16.5. The Kier molecular flexibility index (Phi) is 9.15. The van der Waals surface area contributed by atoms with Crippen molar-refractivity contribution >= 4 is 66.2 Å². The number of halogens is 2. The van der Waals surface area contributed by atoms with Gasteiger partial charge in [-0.1, -0.05) is 61.3 Å². The molecule has 1 aliphatic rings. The summed E-state index contributed by atoms with van der Waals surface area (Å²) in [4.78, 5) is 1.47. The molecule has 0 saturated carbocycles. The van der Waals surface area contributed by atoms with Crippen LogP contribution in [0.1, 0.15) is 25.2 Å². The van der Waals surface area contributed by atoms with E-state index in [1.54, 1.807) is 48.0 Å². The van der Waals surface area contributed by atoms with Gasteiger partial charge >= 0.3 is 61.5 Å². The molecular weight excluding hydrogens is 588 g/mol. The van der Waals surface area contributed by atoms with Gasteiger partial charge in [0.25, 0.3) is 5.82 Å². The molecule has 2 aromatic carbocycles. The van der Waals surface area contributed by atoms with Crippen LogP contribution < -0.4 is 60.9 Å². The van der Waals surface area contributed by atoms with Crippen molar-refractivity contribution in [3.05, 3.63) is 75.7 Å². The van der Waals surface area contributed by atoms with Crippen LogP contribution in [0.4, 0.5) is 5.69 Å². The average molecular weight is 612 g/mol. The van der Waals surface area contributed by atoms with Crippen LogP contribution in [0.25, 0.3) is 17.1 Å². The van der Waals surface area contributed by atoms with E-state index in [1.165, 1.54) is 15.5 Å². The molecule has 0 saturated heterocycles. The fourth-order valence-corrected chi connectivity index (χ4v) is 6.11. The van der Waals surface area contributed by atoms with Crippen molar-refractivity contribution in [2.45, 2.75) is 25.1 Å². The third-order valence-corrected chi connectivity index (χ3v) is 8.05. The molecule has 37 heavy (non-hydrogen) atoms. The molecular formula is C23H23Cl2KN3O6S2+. The zero-order valence-electron chi connectivity index (χ0n) is 20.5. The zero-order valence-corrected chi connectivity index (χ0v) is 26.8. The molecule has 14 heteroatoms. The van der Waals surface area contributed by atoms with E-state index >= 15 is 0 Å². The monoisotopic (exact) mass is 610 g/mol. The van der Waals surface area contributed by atoms with Crippen molar-refractivity contribution in [1.82, 2.24) is 4.57 Å². The second kappa shape index (κ2) is 11.0. The minimum atomic E-state index is -4.59. The second-order valence-corrected chi connectivity index (χ2v) is 12.6. The summed E-state index contributed by atoms with van der Waals surface area (Å²) in [6.45, 7) is 3.84. The van der Waals surface area contributed by atoms with E-state index in [1.807, 2.05) is 26.0 Å². The van der Waals surface area contributed by atoms with Crippen molar-refractivity contribution < 1.29 is 81.9 Å². The van der Waals surface area contributed by atoms with Crippen molar-refractivity contribution in [2.75, 3.05) is 10.8 Å². The van der Waals surface area contributed by atoms with E-state index in [0.717, 1.165) is 5.56 Å². The molecule has 1 aliphatic heterocycles. The second-order valence-electron chi connectivity index (χ2n) is 8.98. The van der Waals surface area contributed by atoms with Crippen LogP contribution in [0, 0.1) is 0 Å². The van der Waals surface area contributed by atoms with E-state index in [2.05, 4.69) is 0 Å².